The first-order valence-electron chi connectivity index (χ1n) is 7.77. The second kappa shape index (κ2) is 7.32. The van der Waals surface area contributed by atoms with Gasteiger partial charge in [0.05, 0.1) is 0 Å². The minimum absolute atomic E-state index is 0.289. The lowest BCUT2D eigenvalue weighted by atomic mass is 10.2. The van der Waals surface area contributed by atoms with Crippen molar-refractivity contribution in [3.8, 4) is 0 Å². The minimum Gasteiger partial charge on any atom is -0.340 e. The molecule has 1 aromatic heterocycles. The van der Waals surface area contributed by atoms with Crippen LogP contribution < -0.4 is 10.6 Å². The van der Waals surface area contributed by atoms with Crippen LogP contribution in [0.4, 0.5) is 17.2 Å². The van der Waals surface area contributed by atoms with Crippen molar-refractivity contribution in [1.29, 1.82) is 0 Å². The Morgan fingerprint density at radius 1 is 1.00 bits per heavy atom. The summed E-state index contributed by atoms with van der Waals surface area (Å²) in [7, 11) is 0. The summed E-state index contributed by atoms with van der Waals surface area (Å²) in [5, 5.41) is 6.68. The molecule has 0 radical (unpaired) electrons. The van der Waals surface area contributed by atoms with Crippen molar-refractivity contribution in [2.45, 2.75) is 13.8 Å². The summed E-state index contributed by atoms with van der Waals surface area (Å²) in [6.07, 6.45) is 0. The van der Waals surface area contributed by atoms with E-state index < -0.39 is 0 Å². The number of hydrogen-bond acceptors (Lipinski definition) is 4. The summed E-state index contributed by atoms with van der Waals surface area (Å²) in [5.74, 6) is 0.751. The van der Waals surface area contributed by atoms with Gasteiger partial charge < -0.3 is 10.6 Å². The van der Waals surface area contributed by atoms with Gasteiger partial charge in [0.2, 0.25) is 0 Å². The van der Waals surface area contributed by atoms with E-state index >= 15 is 0 Å². The smallest absolute Gasteiger partial charge is 0.274 e. The largest absolute Gasteiger partial charge is 0.340 e. The molecule has 0 spiro atoms. The molecule has 3 rings (SSSR count). The maximum atomic E-state index is 12.4. The molecule has 2 N–H and O–H groups in total. The van der Waals surface area contributed by atoms with Crippen LogP contribution in [0, 0.1) is 13.8 Å². The van der Waals surface area contributed by atoms with Crippen LogP contribution in [0.15, 0.2) is 54.6 Å². The quantitative estimate of drug-likeness (QED) is 0.711. The Bertz CT molecular complexity index is 913. The number of rotatable bonds is 4. The van der Waals surface area contributed by atoms with Crippen molar-refractivity contribution < 1.29 is 4.79 Å². The van der Waals surface area contributed by atoms with Crippen LogP contribution in [-0.4, -0.2) is 15.9 Å². The molecule has 3 aromatic rings. The van der Waals surface area contributed by atoms with Crippen molar-refractivity contribution in [2.75, 3.05) is 10.6 Å². The standard InChI is InChI=1S/C19H17ClN4O/c1-12-15(20)9-6-10-16(12)24-18-11-17(21-13(2)22-18)19(25)23-14-7-4-3-5-8-14/h3-11H,1-2H3,(H,23,25)(H,21,22,24). The van der Waals surface area contributed by atoms with Crippen molar-refractivity contribution in [3.05, 3.63) is 76.7 Å². The molecule has 0 saturated carbocycles. The molecule has 0 atom stereocenters. The molecule has 5 nitrogen and oxygen atoms in total. The molecular weight excluding hydrogens is 336 g/mol. The monoisotopic (exact) mass is 352 g/mol. The zero-order valence-corrected chi connectivity index (χ0v) is 14.6. The first-order chi connectivity index (χ1) is 12.0. The Balaban J connectivity index is 1.85. The fourth-order valence-corrected chi connectivity index (χ4v) is 2.52. The van der Waals surface area contributed by atoms with Gasteiger partial charge in [-0.15, -0.1) is 0 Å². The molecule has 126 valence electrons. The first-order valence-corrected chi connectivity index (χ1v) is 8.15. The SMILES string of the molecule is Cc1nc(Nc2cccc(Cl)c2C)cc(C(=O)Nc2ccccc2)n1. The lowest BCUT2D eigenvalue weighted by Crippen LogP contribution is -2.15. The number of nitrogens with zero attached hydrogens (tertiary/aromatic N) is 2. The predicted molar refractivity (Wildman–Crippen MR) is 101 cm³/mol. The highest BCUT2D eigenvalue weighted by Crippen LogP contribution is 2.25. The summed E-state index contributed by atoms with van der Waals surface area (Å²) >= 11 is 6.15. The molecule has 0 unspecified atom stereocenters. The third-order valence-corrected chi connectivity index (χ3v) is 4.04. The highest BCUT2D eigenvalue weighted by molar-refractivity contribution is 6.31. The molecule has 0 aliphatic heterocycles. The number of para-hydroxylation sites is 1. The average molecular weight is 353 g/mol. The Kier molecular flexibility index (Phi) is 4.95. The normalized spacial score (nSPS) is 10.4. The maximum absolute atomic E-state index is 12.4. The van der Waals surface area contributed by atoms with Gasteiger partial charge in [-0.25, -0.2) is 9.97 Å². The topological polar surface area (TPSA) is 66.9 Å². The Hall–Kier alpha value is -2.92. The van der Waals surface area contributed by atoms with Crippen LogP contribution in [0.1, 0.15) is 21.9 Å². The summed E-state index contributed by atoms with van der Waals surface area (Å²) in [4.78, 5) is 21.0. The average Bonchev–Trinajstić information content (AvgIpc) is 2.59. The fraction of sp³-hybridized carbons (Fsp3) is 0.105. The number of hydrogen-bond donors (Lipinski definition) is 2. The lowest BCUT2D eigenvalue weighted by Gasteiger charge is -2.11. The second-order valence-electron chi connectivity index (χ2n) is 5.54. The van der Waals surface area contributed by atoms with Crippen LogP contribution in [-0.2, 0) is 0 Å². The van der Waals surface area contributed by atoms with Crippen LogP contribution in [0.2, 0.25) is 5.02 Å². The van der Waals surface area contributed by atoms with Gasteiger partial charge in [-0.05, 0) is 43.7 Å². The van der Waals surface area contributed by atoms with Crippen molar-refractivity contribution in [2.24, 2.45) is 0 Å². The number of carbonyl (C=O) groups is 1. The van der Waals surface area contributed by atoms with Crippen LogP contribution in [0.25, 0.3) is 0 Å². The van der Waals surface area contributed by atoms with Gasteiger partial charge in [0, 0.05) is 22.5 Å². The molecule has 0 aliphatic rings. The second-order valence-corrected chi connectivity index (χ2v) is 5.95. The maximum Gasteiger partial charge on any atom is 0.274 e. The number of anilines is 3. The van der Waals surface area contributed by atoms with Crippen LogP contribution in [0.5, 0.6) is 0 Å². The van der Waals surface area contributed by atoms with E-state index in [0.717, 1.165) is 11.3 Å². The molecule has 1 amide bonds. The summed E-state index contributed by atoms with van der Waals surface area (Å²) < 4.78 is 0. The highest BCUT2D eigenvalue weighted by Gasteiger charge is 2.12. The highest BCUT2D eigenvalue weighted by atomic mass is 35.5. The van der Waals surface area contributed by atoms with E-state index in [2.05, 4.69) is 20.6 Å². The Morgan fingerprint density at radius 2 is 1.76 bits per heavy atom. The third-order valence-electron chi connectivity index (χ3n) is 3.63. The molecule has 0 bridgehead atoms. The number of amides is 1. The molecule has 6 heteroatoms. The Labute approximate surface area is 151 Å². The molecule has 1 heterocycles. The minimum atomic E-state index is -0.289. The zero-order chi connectivity index (χ0) is 17.8. The van der Waals surface area contributed by atoms with E-state index in [1.54, 1.807) is 13.0 Å². The predicted octanol–water partition coefficient (Wildman–Crippen LogP) is 4.74. The van der Waals surface area contributed by atoms with Crippen molar-refractivity contribution in [3.63, 3.8) is 0 Å². The molecule has 0 aliphatic carbocycles. The zero-order valence-electron chi connectivity index (χ0n) is 13.9. The van der Waals surface area contributed by atoms with Gasteiger partial charge in [-0.3, -0.25) is 4.79 Å². The number of aryl methyl sites for hydroxylation is 1. The van der Waals surface area contributed by atoms with Crippen molar-refractivity contribution in [1.82, 2.24) is 9.97 Å². The van der Waals surface area contributed by atoms with Gasteiger partial charge in [-0.2, -0.15) is 0 Å². The number of aromatic nitrogens is 2. The number of benzene rings is 2. The number of halogens is 1. The van der Waals surface area contributed by atoms with E-state index in [-0.39, 0.29) is 5.91 Å². The third kappa shape index (κ3) is 4.14. The lowest BCUT2D eigenvalue weighted by molar-refractivity contribution is 0.102. The molecule has 25 heavy (non-hydrogen) atoms. The number of carbonyl (C=O) groups excluding carboxylic acids is 1. The Morgan fingerprint density at radius 3 is 2.52 bits per heavy atom. The van der Waals surface area contributed by atoms with Gasteiger partial charge in [0.1, 0.15) is 17.3 Å². The summed E-state index contributed by atoms with van der Waals surface area (Å²) in [6, 6.07) is 16.4. The molecular formula is C19H17ClN4O. The molecule has 0 fully saturated rings. The van der Waals surface area contributed by atoms with Crippen molar-refractivity contribution >= 4 is 34.7 Å². The van der Waals surface area contributed by atoms with Gasteiger partial charge in [0.15, 0.2) is 0 Å². The van der Waals surface area contributed by atoms with Crippen LogP contribution in [0.3, 0.4) is 0 Å². The van der Waals surface area contributed by atoms with Gasteiger partial charge in [-0.1, -0.05) is 35.9 Å². The van der Waals surface area contributed by atoms with Gasteiger partial charge >= 0.3 is 0 Å². The molecule has 2 aromatic carbocycles. The summed E-state index contributed by atoms with van der Waals surface area (Å²) in [5.41, 5.74) is 2.75. The van der Waals surface area contributed by atoms with E-state index in [0.29, 0.717) is 28.0 Å². The number of nitrogens with one attached hydrogen (secondary N) is 2. The van der Waals surface area contributed by atoms with Gasteiger partial charge in [0.25, 0.3) is 5.91 Å². The first kappa shape index (κ1) is 16.9. The van der Waals surface area contributed by atoms with E-state index in [9.17, 15) is 4.79 Å². The van der Waals surface area contributed by atoms with E-state index in [4.69, 9.17) is 11.6 Å². The fourth-order valence-electron chi connectivity index (χ4n) is 2.35. The van der Waals surface area contributed by atoms with E-state index in [1.165, 1.54) is 0 Å². The van der Waals surface area contributed by atoms with Crippen LogP contribution >= 0.6 is 11.6 Å². The van der Waals surface area contributed by atoms with E-state index in [1.807, 2.05) is 55.5 Å². The summed E-state index contributed by atoms with van der Waals surface area (Å²) in [6.45, 7) is 3.66. The molecule has 0 saturated heterocycles.